The maximum atomic E-state index is 11.7. The number of amides is 2. The van der Waals surface area contributed by atoms with E-state index in [4.69, 9.17) is 0 Å². The van der Waals surface area contributed by atoms with E-state index in [1.165, 1.54) is 34.4 Å². The molecule has 0 fully saturated rings. The van der Waals surface area contributed by atoms with Gasteiger partial charge in [-0.05, 0) is 17.4 Å². The second kappa shape index (κ2) is 8.66. The smallest absolute Gasteiger partial charge is 0.267 e. The Morgan fingerprint density at radius 2 is 2.00 bits per heavy atom. The Bertz CT molecular complexity index is 625. The lowest BCUT2D eigenvalue weighted by Gasteiger charge is -2.00. The highest BCUT2D eigenvalue weighted by Gasteiger charge is 2.13. The summed E-state index contributed by atoms with van der Waals surface area (Å²) >= 11 is 5.74. The van der Waals surface area contributed by atoms with E-state index in [1.807, 2.05) is 0 Å². The maximum absolute atomic E-state index is 11.7. The third-order valence-corrected chi connectivity index (χ3v) is 6.74. The molecule has 0 aromatic carbocycles. The number of hydrogen-bond donors (Lipinski definition) is 1. The van der Waals surface area contributed by atoms with Gasteiger partial charge < -0.3 is 0 Å². The van der Waals surface area contributed by atoms with Gasteiger partial charge in [-0.15, -0.1) is 21.5 Å². The molecule has 9 heteroatoms. The summed E-state index contributed by atoms with van der Waals surface area (Å²) < 4.78 is 1.65. The van der Waals surface area contributed by atoms with E-state index in [2.05, 4.69) is 29.4 Å². The van der Waals surface area contributed by atoms with Gasteiger partial charge in [0, 0.05) is 5.75 Å². The summed E-state index contributed by atoms with van der Waals surface area (Å²) in [6.45, 7) is 4.30. The monoisotopic (exact) mass is 373 g/mol. The number of carbonyl (C=O) groups excluding carboxylic acids is 2. The number of nitrogens with one attached hydrogen (secondary N) is 1. The molecule has 0 spiro atoms. The predicted molar refractivity (Wildman–Crippen MR) is 93.0 cm³/mol. The molecule has 0 radical (unpaired) electrons. The van der Waals surface area contributed by atoms with Crippen LogP contribution in [-0.4, -0.2) is 33.5 Å². The molecule has 2 aromatic heterocycles. The minimum Gasteiger partial charge on any atom is -0.291 e. The van der Waals surface area contributed by atoms with Crippen molar-refractivity contribution in [3.05, 3.63) is 22.4 Å². The van der Waals surface area contributed by atoms with Gasteiger partial charge in [-0.1, -0.05) is 54.8 Å². The van der Waals surface area contributed by atoms with Crippen molar-refractivity contribution in [1.82, 2.24) is 15.5 Å². The Morgan fingerprint density at radius 1 is 1.27 bits per heavy atom. The van der Waals surface area contributed by atoms with Crippen molar-refractivity contribution in [3.8, 4) is 0 Å². The summed E-state index contributed by atoms with van der Waals surface area (Å²) in [7, 11) is 0. The van der Waals surface area contributed by atoms with Crippen molar-refractivity contribution < 1.29 is 9.59 Å². The molecule has 0 atom stereocenters. The molecular weight excluding hydrogens is 358 g/mol. The van der Waals surface area contributed by atoms with Crippen LogP contribution >= 0.6 is 46.2 Å². The normalized spacial score (nSPS) is 10.9. The summed E-state index contributed by atoms with van der Waals surface area (Å²) in [5.41, 5.74) is 0. The topological polar surface area (TPSA) is 72.0 Å². The highest BCUT2D eigenvalue weighted by atomic mass is 32.2. The van der Waals surface area contributed by atoms with E-state index >= 15 is 0 Å². The van der Waals surface area contributed by atoms with E-state index in [-0.39, 0.29) is 17.6 Å². The molecule has 0 unspecified atom stereocenters. The Labute approximate surface area is 145 Å². The number of nitrogens with zero attached hydrogens (tertiary/aromatic N) is 2. The molecule has 0 saturated carbocycles. The summed E-state index contributed by atoms with van der Waals surface area (Å²) in [4.78, 5) is 24.0. The van der Waals surface area contributed by atoms with Gasteiger partial charge in [0.25, 0.3) is 5.91 Å². The van der Waals surface area contributed by atoms with Crippen LogP contribution in [0, 0.1) is 5.92 Å². The minimum absolute atomic E-state index is 0.153. The SMILES string of the molecule is CC(C)CSc1nnc(SCC(=O)NC(=O)c2cccs2)s1. The van der Waals surface area contributed by atoms with Crippen LogP contribution in [-0.2, 0) is 4.79 Å². The van der Waals surface area contributed by atoms with E-state index in [0.29, 0.717) is 10.8 Å². The lowest BCUT2D eigenvalue weighted by Crippen LogP contribution is -2.31. The van der Waals surface area contributed by atoms with Crippen LogP contribution in [0.25, 0.3) is 0 Å². The fourth-order valence-corrected chi connectivity index (χ4v) is 4.73. The molecule has 2 rings (SSSR count). The predicted octanol–water partition coefficient (Wildman–Crippen LogP) is 3.40. The van der Waals surface area contributed by atoms with Gasteiger partial charge in [0.15, 0.2) is 8.68 Å². The molecule has 1 N–H and O–H groups in total. The zero-order valence-electron chi connectivity index (χ0n) is 12.1. The summed E-state index contributed by atoms with van der Waals surface area (Å²) in [6.07, 6.45) is 0. The van der Waals surface area contributed by atoms with Gasteiger partial charge in [-0.25, -0.2) is 0 Å². The standard InChI is InChI=1S/C13H15N3O2S4/c1-8(2)6-20-12-15-16-13(22-12)21-7-10(17)14-11(18)9-4-3-5-19-9/h3-5,8H,6-7H2,1-2H3,(H,14,17,18). The Morgan fingerprint density at radius 3 is 2.64 bits per heavy atom. The molecule has 0 aliphatic rings. The molecule has 0 aliphatic carbocycles. The Balaban J connectivity index is 1.75. The number of aromatic nitrogens is 2. The first-order chi connectivity index (χ1) is 10.5. The van der Waals surface area contributed by atoms with Crippen LogP contribution in [0.15, 0.2) is 26.2 Å². The minimum atomic E-state index is -0.356. The van der Waals surface area contributed by atoms with Crippen molar-refractivity contribution in [2.45, 2.75) is 22.5 Å². The molecule has 2 amide bonds. The summed E-state index contributed by atoms with van der Waals surface area (Å²) in [6, 6.07) is 3.46. The van der Waals surface area contributed by atoms with Crippen molar-refractivity contribution in [2.75, 3.05) is 11.5 Å². The Hall–Kier alpha value is -0.900. The third kappa shape index (κ3) is 5.71. The van der Waals surface area contributed by atoms with Crippen LogP contribution in [0.5, 0.6) is 0 Å². The van der Waals surface area contributed by atoms with E-state index < -0.39 is 0 Å². The van der Waals surface area contributed by atoms with Gasteiger partial charge in [-0.3, -0.25) is 14.9 Å². The summed E-state index contributed by atoms with van der Waals surface area (Å²) in [5.74, 6) is 1.07. The molecule has 2 aromatic rings. The zero-order valence-corrected chi connectivity index (χ0v) is 15.3. The first-order valence-corrected chi connectivity index (χ1v) is 10.2. The fourth-order valence-electron chi connectivity index (χ4n) is 1.31. The maximum Gasteiger partial charge on any atom is 0.267 e. The number of hydrogen-bond acceptors (Lipinski definition) is 8. The van der Waals surface area contributed by atoms with Crippen molar-refractivity contribution in [2.24, 2.45) is 5.92 Å². The molecule has 0 aliphatic heterocycles. The van der Waals surface area contributed by atoms with Crippen LogP contribution < -0.4 is 5.32 Å². The highest BCUT2D eigenvalue weighted by molar-refractivity contribution is 8.03. The van der Waals surface area contributed by atoms with Crippen molar-refractivity contribution >= 4 is 58.0 Å². The van der Waals surface area contributed by atoms with Crippen LogP contribution in [0.1, 0.15) is 23.5 Å². The average Bonchev–Trinajstić information content (AvgIpc) is 3.14. The summed E-state index contributed by atoms with van der Waals surface area (Å²) in [5, 5.41) is 12.3. The average molecular weight is 374 g/mol. The number of carbonyl (C=O) groups is 2. The number of thioether (sulfide) groups is 2. The van der Waals surface area contributed by atoms with Crippen LogP contribution in [0.2, 0.25) is 0 Å². The van der Waals surface area contributed by atoms with Crippen molar-refractivity contribution in [1.29, 1.82) is 0 Å². The van der Waals surface area contributed by atoms with E-state index in [1.54, 1.807) is 29.3 Å². The van der Waals surface area contributed by atoms with Gasteiger partial charge in [-0.2, -0.15) is 0 Å². The molecule has 0 bridgehead atoms. The largest absolute Gasteiger partial charge is 0.291 e. The molecule has 5 nitrogen and oxygen atoms in total. The van der Waals surface area contributed by atoms with Gasteiger partial charge in [0.1, 0.15) is 0 Å². The first kappa shape index (κ1) is 17.5. The number of rotatable bonds is 7. The van der Waals surface area contributed by atoms with E-state index in [0.717, 1.165) is 14.4 Å². The quantitative estimate of drug-likeness (QED) is 0.750. The number of imide groups is 1. The van der Waals surface area contributed by atoms with Gasteiger partial charge >= 0.3 is 0 Å². The second-order valence-electron chi connectivity index (χ2n) is 4.68. The molecule has 0 saturated heterocycles. The first-order valence-electron chi connectivity index (χ1n) is 6.51. The second-order valence-corrected chi connectivity index (χ2v) is 9.10. The van der Waals surface area contributed by atoms with Crippen LogP contribution in [0.3, 0.4) is 0 Å². The lowest BCUT2D eigenvalue weighted by molar-refractivity contribution is -0.117. The Kier molecular flexibility index (Phi) is 6.87. The number of thiophene rings is 1. The molecular formula is C13H15N3O2S4. The van der Waals surface area contributed by atoms with Gasteiger partial charge in [0.2, 0.25) is 5.91 Å². The van der Waals surface area contributed by atoms with Crippen LogP contribution in [0.4, 0.5) is 0 Å². The fraction of sp³-hybridized carbons (Fsp3) is 0.385. The van der Waals surface area contributed by atoms with Gasteiger partial charge in [0.05, 0.1) is 10.6 Å². The molecule has 2 heterocycles. The lowest BCUT2D eigenvalue weighted by atomic mass is 10.3. The zero-order chi connectivity index (χ0) is 15.9. The third-order valence-electron chi connectivity index (χ3n) is 2.25. The molecule has 22 heavy (non-hydrogen) atoms. The highest BCUT2D eigenvalue weighted by Crippen LogP contribution is 2.29. The molecule has 118 valence electrons. The van der Waals surface area contributed by atoms with Crippen molar-refractivity contribution in [3.63, 3.8) is 0 Å². The van der Waals surface area contributed by atoms with E-state index in [9.17, 15) is 9.59 Å².